The van der Waals surface area contributed by atoms with Gasteiger partial charge in [-0.3, -0.25) is 4.79 Å². The number of carbonyl (C=O) groups excluding carboxylic acids is 1. The van der Waals surface area contributed by atoms with Crippen molar-refractivity contribution in [3.8, 4) is 6.01 Å². The Morgan fingerprint density at radius 1 is 1.20 bits per heavy atom. The molecule has 0 aromatic carbocycles. The number of anilines is 1. The maximum Gasteiger partial charge on any atom is 0.318 e. The van der Waals surface area contributed by atoms with Crippen LogP contribution in [0.15, 0.2) is 24.4 Å². The van der Waals surface area contributed by atoms with Crippen LogP contribution in [0.4, 0.5) is 5.82 Å². The van der Waals surface area contributed by atoms with Crippen molar-refractivity contribution in [2.45, 2.75) is 58.2 Å². The summed E-state index contributed by atoms with van der Waals surface area (Å²) < 4.78 is 6.17. The van der Waals surface area contributed by atoms with Crippen LogP contribution < -0.4 is 9.64 Å². The molecule has 192 valence electrons. The number of fused-ring (bicyclic) bond motifs is 1. The largest absolute Gasteiger partial charge is 0.462 e. The highest BCUT2D eigenvalue weighted by atomic mass is 16.5. The number of allylic oxidation sites excluding steroid dienone is 1. The van der Waals surface area contributed by atoms with Crippen LogP contribution in [0.3, 0.4) is 0 Å². The van der Waals surface area contributed by atoms with Crippen LogP contribution in [-0.4, -0.2) is 101 Å². The minimum atomic E-state index is -0.486. The maximum atomic E-state index is 12.3. The van der Waals surface area contributed by atoms with Crippen molar-refractivity contribution in [3.63, 3.8) is 0 Å². The molecule has 1 aromatic rings. The lowest BCUT2D eigenvalue weighted by atomic mass is 10.0. The van der Waals surface area contributed by atoms with Crippen LogP contribution in [0.2, 0.25) is 0 Å². The van der Waals surface area contributed by atoms with Gasteiger partial charge < -0.3 is 29.4 Å². The van der Waals surface area contributed by atoms with E-state index in [2.05, 4.69) is 28.3 Å². The second-order valence-electron chi connectivity index (χ2n) is 9.92. The molecule has 2 atom stereocenters. The third-order valence-electron chi connectivity index (χ3n) is 7.33. The third-order valence-corrected chi connectivity index (χ3v) is 7.33. The molecule has 1 amide bonds. The fourth-order valence-electron chi connectivity index (χ4n) is 5.25. The topological polar surface area (TPSA) is 85.3 Å². The van der Waals surface area contributed by atoms with E-state index in [0.29, 0.717) is 44.7 Å². The Morgan fingerprint density at radius 2 is 1.97 bits per heavy atom. The number of piperazine rings is 1. The van der Waals surface area contributed by atoms with Gasteiger partial charge in [0.2, 0.25) is 5.91 Å². The van der Waals surface area contributed by atoms with Crippen molar-refractivity contribution in [3.05, 3.63) is 35.7 Å². The SMILES string of the molecule is C=CCC(=O)N1CCN(c2nc(OC[C@H]3CCCN3C)nc3c2CCN(/C(C)=C/C(C)O)C3)CC1. The molecule has 2 fully saturated rings. The lowest BCUT2D eigenvalue weighted by Crippen LogP contribution is -2.49. The molecule has 35 heavy (non-hydrogen) atoms. The molecule has 1 aromatic heterocycles. The predicted molar refractivity (Wildman–Crippen MR) is 136 cm³/mol. The van der Waals surface area contributed by atoms with Crippen molar-refractivity contribution in [2.75, 3.05) is 57.8 Å². The molecule has 4 rings (SSSR count). The number of ether oxygens (including phenoxy) is 1. The van der Waals surface area contributed by atoms with E-state index in [0.717, 1.165) is 56.2 Å². The number of rotatable bonds is 8. The predicted octanol–water partition coefficient (Wildman–Crippen LogP) is 1.82. The zero-order valence-electron chi connectivity index (χ0n) is 21.4. The van der Waals surface area contributed by atoms with Gasteiger partial charge in [0.15, 0.2) is 0 Å². The van der Waals surface area contributed by atoms with Gasteiger partial charge in [-0.15, -0.1) is 6.58 Å². The summed E-state index contributed by atoms with van der Waals surface area (Å²) in [6.45, 7) is 13.5. The van der Waals surface area contributed by atoms with E-state index in [1.807, 2.05) is 17.9 Å². The molecule has 9 nitrogen and oxygen atoms in total. The summed E-state index contributed by atoms with van der Waals surface area (Å²) in [4.78, 5) is 30.8. The second-order valence-corrected chi connectivity index (χ2v) is 9.92. The number of hydrogen-bond donors (Lipinski definition) is 1. The first-order valence-corrected chi connectivity index (χ1v) is 12.8. The average Bonchev–Trinajstić information content (AvgIpc) is 3.26. The number of aliphatic hydroxyl groups is 1. The highest BCUT2D eigenvalue weighted by molar-refractivity contribution is 5.78. The van der Waals surface area contributed by atoms with Crippen LogP contribution in [0.5, 0.6) is 6.01 Å². The van der Waals surface area contributed by atoms with E-state index < -0.39 is 6.10 Å². The molecule has 1 unspecified atom stereocenters. The normalized spacial score (nSPS) is 22.2. The van der Waals surface area contributed by atoms with Crippen LogP contribution in [0, 0.1) is 0 Å². The number of likely N-dealkylation sites (N-methyl/N-ethyl adjacent to an activating group) is 1. The minimum Gasteiger partial charge on any atom is -0.462 e. The van der Waals surface area contributed by atoms with Gasteiger partial charge in [-0.2, -0.15) is 9.97 Å². The summed E-state index contributed by atoms with van der Waals surface area (Å²) >= 11 is 0. The Kier molecular flexibility index (Phi) is 8.28. The van der Waals surface area contributed by atoms with E-state index >= 15 is 0 Å². The smallest absolute Gasteiger partial charge is 0.318 e. The average molecular weight is 485 g/mol. The molecule has 2 saturated heterocycles. The fraction of sp³-hybridized carbons (Fsp3) is 0.654. The number of likely N-dealkylation sites (tertiary alicyclic amines) is 1. The summed E-state index contributed by atoms with van der Waals surface area (Å²) in [6, 6.07) is 0.827. The van der Waals surface area contributed by atoms with Gasteiger partial charge in [0.1, 0.15) is 12.4 Å². The summed E-state index contributed by atoms with van der Waals surface area (Å²) in [5.41, 5.74) is 3.21. The molecule has 0 aliphatic carbocycles. The van der Waals surface area contributed by atoms with Gasteiger partial charge in [-0.1, -0.05) is 6.08 Å². The molecule has 0 bridgehead atoms. The molecule has 0 radical (unpaired) electrons. The van der Waals surface area contributed by atoms with Crippen molar-refractivity contribution in [2.24, 2.45) is 0 Å². The summed E-state index contributed by atoms with van der Waals surface area (Å²) in [7, 11) is 2.14. The highest BCUT2D eigenvalue weighted by Gasteiger charge is 2.29. The van der Waals surface area contributed by atoms with E-state index in [4.69, 9.17) is 14.7 Å². The van der Waals surface area contributed by atoms with Crippen molar-refractivity contribution in [1.29, 1.82) is 0 Å². The van der Waals surface area contributed by atoms with Gasteiger partial charge in [0.25, 0.3) is 0 Å². The van der Waals surface area contributed by atoms with Gasteiger partial charge >= 0.3 is 6.01 Å². The number of hydrogen-bond acceptors (Lipinski definition) is 8. The Hall–Kier alpha value is -2.65. The number of nitrogens with zero attached hydrogens (tertiary/aromatic N) is 6. The third kappa shape index (κ3) is 6.13. The number of aromatic nitrogens is 2. The standard InChI is InChI=1S/C26H40N6O3/c1-5-7-24(34)30-12-14-31(15-13-30)25-22-9-11-32(19(2)16-20(3)33)17-23(22)27-26(28-25)35-18-21-8-6-10-29(21)4/h5,16,20-21,33H,1,6-15,17-18H2,2-4H3/b19-16+/t20?,21-/m1/s1. The van der Waals surface area contributed by atoms with Gasteiger partial charge in [-0.05, 0) is 52.8 Å². The lowest BCUT2D eigenvalue weighted by molar-refractivity contribution is -0.130. The Balaban J connectivity index is 1.55. The molecule has 1 N–H and O–H groups in total. The van der Waals surface area contributed by atoms with E-state index in [9.17, 15) is 9.90 Å². The summed E-state index contributed by atoms with van der Waals surface area (Å²) in [5.74, 6) is 1.07. The lowest BCUT2D eigenvalue weighted by Gasteiger charge is -2.38. The highest BCUT2D eigenvalue weighted by Crippen LogP contribution is 2.31. The first-order valence-electron chi connectivity index (χ1n) is 12.8. The quantitative estimate of drug-likeness (QED) is 0.560. The monoisotopic (exact) mass is 484 g/mol. The number of aliphatic hydroxyl groups excluding tert-OH is 1. The van der Waals surface area contributed by atoms with Crippen LogP contribution in [0.1, 0.15) is 44.4 Å². The summed E-state index contributed by atoms with van der Waals surface area (Å²) in [5, 5.41) is 9.80. The molecule has 3 aliphatic heterocycles. The van der Waals surface area contributed by atoms with Crippen molar-refractivity contribution < 1.29 is 14.6 Å². The first-order chi connectivity index (χ1) is 16.9. The Bertz CT molecular complexity index is 941. The zero-order valence-corrected chi connectivity index (χ0v) is 21.4. The van der Waals surface area contributed by atoms with E-state index in [1.54, 1.807) is 13.0 Å². The Morgan fingerprint density at radius 3 is 2.63 bits per heavy atom. The number of amides is 1. The van der Waals surface area contributed by atoms with Crippen molar-refractivity contribution in [1.82, 2.24) is 24.7 Å². The van der Waals surface area contributed by atoms with E-state index in [-0.39, 0.29) is 5.91 Å². The van der Waals surface area contributed by atoms with Crippen LogP contribution >= 0.6 is 0 Å². The Labute approximate surface area is 209 Å². The molecule has 9 heteroatoms. The van der Waals surface area contributed by atoms with Gasteiger partial charge in [-0.25, -0.2) is 0 Å². The molecule has 0 saturated carbocycles. The number of carbonyl (C=O) groups is 1. The van der Waals surface area contributed by atoms with E-state index in [1.165, 1.54) is 12.0 Å². The molecule has 3 aliphatic rings. The second kappa shape index (κ2) is 11.4. The van der Waals surface area contributed by atoms with Crippen LogP contribution in [-0.2, 0) is 17.8 Å². The molecule has 4 heterocycles. The van der Waals surface area contributed by atoms with Crippen molar-refractivity contribution >= 4 is 11.7 Å². The molecular formula is C26H40N6O3. The maximum absolute atomic E-state index is 12.3. The van der Waals surface area contributed by atoms with Gasteiger partial charge in [0, 0.05) is 56.4 Å². The first kappa shape index (κ1) is 25.4. The molecule has 0 spiro atoms. The fourth-order valence-corrected chi connectivity index (χ4v) is 5.25. The zero-order chi connectivity index (χ0) is 24.9. The van der Waals surface area contributed by atoms with Crippen LogP contribution in [0.25, 0.3) is 0 Å². The van der Waals surface area contributed by atoms with Gasteiger partial charge in [0.05, 0.1) is 18.3 Å². The summed E-state index contributed by atoms with van der Waals surface area (Å²) in [6.07, 6.45) is 6.59. The molecular weight excluding hydrogens is 444 g/mol. The minimum absolute atomic E-state index is 0.130.